The van der Waals surface area contributed by atoms with Gasteiger partial charge in [0.2, 0.25) is 5.91 Å². The fraction of sp³-hybridized carbons (Fsp3) is 0.929. The quantitative estimate of drug-likeness (QED) is 0.802. The number of carbonyl (C=O) groups is 1. The summed E-state index contributed by atoms with van der Waals surface area (Å²) >= 11 is 0. The third-order valence-electron chi connectivity index (χ3n) is 4.31. The Bertz CT molecular complexity index is 298. The van der Waals surface area contributed by atoms with Crippen molar-refractivity contribution in [2.24, 2.45) is 0 Å². The van der Waals surface area contributed by atoms with Gasteiger partial charge in [-0.1, -0.05) is 0 Å². The Kier molecular flexibility index (Phi) is 3.85. The predicted octanol–water partition coefficient (Wildman–Crippen LogP) is 1.30. The molecule has 2 saturated heterocycles. The van der Waals surface area contributed by atoms with Crippen LogP contribution in [-0.4, -0.2) is 48.7 Å². The number of nitrogens with zero attached hydrogens (tertiary/aromatic N) is 1. The van der Waals surface area contributed by atoms with E-state index in [2.05, 4.69) is 5.32 Å². The highest BCUT2D eigenvalue weighted by Crippen LogP contribution is 2.23. The van der Waals surface area contributed by atoms with Gasteiger partial charge in [0, 0.05) is 25.7 Å². The van der Waals surface area contributed by atoms with Crippen molar-refractivity contribution in [2.75, 3.05) is 19.7 Å². The van der Waals surface area contributed by atoms with E-state index in [1.165, 1.54) is 32.1 Å². The number of nitrogens with one attached hydrogen (secondary N) is 1. The number of carbonyl (C=O) groups excluding carboxylic acids is 1. The highest BCUT2D eigenvalue weighted by Gasteiger charge is 2.35. The van der Waals surface area contributed by atoms with Gasteiger partial charge in [0.05, 0.1) is 12.1 Å². The summed E-state index contributed by atoms with van der Waals surface area (Å²) in [4.78, 5) is 14.2. The molecule has 2 atom stereocenters. The van der Waals surface area contributed by atoms with Crippen molar-refractivity contribution in [1.82, 2.24) is 10.2 Å². The van der Waals surface area contributed by atoms with Gasteiger partial charge in [0.15, 0.2) is 0 Å². The van der Waals surface area contributed by atoms with Crippen LogP contribution >= 0.6 is 0 Å². The molecule has 102 valence electrons. The Labute approximate surface area is 109 Å². The number of hydrogen-bond acceptors (Lipinski definition) is 3. The normalized spacial score (nSPS) is 33.1. The van der Waals surface area contributed by atoms with E-state index in [4.69, 9.17) is 4.74 Å². The van der Waals surface area contributed by atoms with Crippen molar-refractivity contribution in [1.29, 1.82) is 0 Å². The average molecular weight is 252 g/mol. The number of ether oxygens (including phenoxy) is 1. The summed E-state index contributed by atoms with van der Waals surface area (Å²) in [7, 11) is 0. The van der Waals surface area contributed by atoms with E-state index >= 15 is 0 Å². The maximum absolute atomic E-state index is 12.2. The maximum Gasteiger partial charge on any atom is 0.239 e. The first-order chi connectivity index (χ1) is 8.83. The first-order valence-electron chi connectivity index (χ1n) is 7.49. The average Bonchev–Trinajstić information content (AvgIpc) is 3.15. The van der Waals surface area contributed by atoms with Gasteiger partial charge in [-0.05, 0) is 44.9 Å². The molecule has 18 heavy (non-hydrogen) atoms. The van der Waals surface area contributed by atoms with Crippen molar-refractivity contribution in [3.63, 3.8) is 0 Å². The third kappa shape index (κ3) is 3.04. The molecule has 0 radical (unpaired) electrons. The molecule has 0 aromatic rings. The van der Waals surface area contributed by atoms with Crippen LogP contribution in [0.25, 0.3) is 0 Å². The molecule has 0 aromatic carbocycles. The van der Waals surface area contributed by atoms with E-state index in [0.717, 1.165) is 32.5 Å². The summed E-state index contributed by atoms with van der Waals surface area (Å²) in [5.74, 6) is 0.317. The summed E-state index contributed by atoms with van der Waals surface area (Å²) in [6.45, 7) is 2.72. The zero-order chi connectivity index (χ0) is 12.4. The molecular formula is C14H24N2O2. The molecular weight excluding hydrogens is 228 g/mol. The molecule has 0 aromatic heterocycles. The molecule has 1 N–H and O–H groups in total. The molecule has 1 amide bonds. The first-order valence-corrected chi connectivity index (χ1v) is 7.49. The standard InChI is InChI=1S/C14H24N2O2/c17-14-13(15-11-4-5-11)7-9-16(14)8-6-12-3-1-2-10-18-12/h11-13,15H,1-10H2. The molecule has 0 bridgehead atoms. The lowest BCUT2D eigenvalue weighted by molar-refractivity contribution is -0.129. The minimum Gasteiger partial charge on any atom is -0.378 e. The summed E-state index contributed by atoms with van der Waals surface area (Å²) in [5, 5.41) is 3.45. The summed E-state index contributed by atoms with van der Waals surface area (Å²) in [6.07, 6.45) is 8.55. The van der Waals surface area contributed by atoms with Crippen LogP contribution in [0.1, 0.15) is 44.9 Å². The van der Waals surface area contributed by atoms with E-state index in [-0.39, 0.29) is 6.04 Å². The van der Waals surface area contributed by atoms with E-state index < -0.39 is 0 Å². The van der Waals surface area contributed by atoms with E-state index in [0.29, 0.717) is 18.1 Å². The minimum absolute atomic E-state index is 0.102. The second-order valence-corrected chi connectivity index (χ2v) is 5.88. The fourth-order valence-electron chi connectivity index (χ4n) is 2.99. The van der Waals surface area contributed by atoms with E-state index in [1.54, 1.807) is 0 Å². The molecule has 1 aliphatic carbocycles. The SMILES string of the molecule is O=C1C(NC2CC2)CCN1CCC1CCCCO1. The van der Waals surface area contributed by atoms with Gasteiger partial charge in [-0.25, -0.2) is 0 Å². The molecule has 4 nitrogen and oxygen atoms in total. The maximum atomic E-state index is 12.2. The van der Waals surface area contributed by atoms with E-state index in [9.17, 15) is 4.79 Å². The number of amides is 1. The van der Waals surface area contributed by atoms with Gasteiger partial charge in [0.25, 0.3) is 0 Å². The molecule has 3 rings (SSSR count). The monoisotopic (exact) mass is 252 g/mol. The predicted molar refractivity (Wildman–Crippen MR) is 69.4 cm³/mol. The molecule has 1 saturated carbocycles. The fourth-order valence-corrected chi connectivity index (χ4v) is 2.99. The van der Waals surface area contributed by atoms with Crippen molar-refractivity contribution in [3.8, 4) is 0 Å². The summed E-state index contributed by atoms with van der Waals surface area (Å²) < 4.78 is 5.72. The highest BCUT2D eigenvalue weighted by atomic mass is 16.5. The lowest BCUT2D eigenvalue weighted by atomic mass is 10.1. The van der Waals surface area contributed by atoms with Gasteiger partial charge in [-0.3, -0.25) is 4.79 Å². The van der Waals surface area contributed by atoms with Crippen LogP contribution in [0, 0.1) is 0 Å². The van der Waals surface area contributed by atoms with Crippen LogP contribution in [0.15, 0.2) is 0 Å². The molecule has 2 heterocycles. The van der Waals surface area contributed by atoms with Crippen LogP contribution in [0.5, 0.6) is 0 Å². The molecule has 3 fully saturated rings. The molecule has 4 heteroatoms. The Morgan fingerprint density at radius 1 is 1.22 bits per heavy atom. The van der Waals surface area contributed by atoms with Gasteiger partial charge < -0.3 is 15.0 Å². The number of rotatable bonds is 5. The van der Waals surface area contributed by atoms with Crippen molar-refractivity contribution < 1.29 is 9.53 Å². The molecule has 0 spiro atoms. The van der Waals surface area contributed by atoms with Crippen LogP contribution in [0.2, 0.25) is 0 Å². The Morgan fingerprint density at radius 3 is 2.83 bits per heavy atom. The third-order valence-corrected chi connectivity index (χ3v) is 4.31. The second-order valence-electron chi connectivity index (χ2n) is 5.88. The van der Waals surface area contributed by atoms with E-state index in [1.807, 2.05) is 4.90 Å². The molecule has 3 aliphatic rings. The second kappa shape index (κ2) is 5.57. The van der Waals surface area contributed by atoms with Gasteiger partial charge in [-0.2, -0.15) is 0 Å². The summed E-state index contributed by atoms with van der Waals surface area (Å²) in [6, 6.07) is 0.727. The topological polar surface area (TPSA) is 41.6 Å². The van der Waals surface area contributed by atoms with Crippen molar-refractivity contribution in [3.05, 3.63) is 0 Å². The zero-order valence-corrected chi connectivity index (χ0v) is 11.1. The minimum atomic E-state index is 0.102. The molecule has 2 aliphatic heterocycles. The van der Waals surface area contributed by atoms with Gasteiger partial charge >= 0.3 is 0 Å². The Hall–Kier alpha value is -0.610. The van der Waals surface area contributed by atoms with Gasteiger partial charge in [0.1, 0.15) is 0 Å². The van der Waals surface area contributed by atoms with Crippen molar-refractivity contribution in [2.45, 2.75) is 63.1 Å². The summed E-state index contributed by atoms with van der Waals surface area (Å²) in [5.41, 5.74) is 0. The van der Waals surface area contributed by atoms with Crippen molar-refractivity contribution >= 4 is 5.91 Å². The van der Waals surface area contributed by atoms with Crippen LogP contribution in [0.4, 0.5) is 0 Å². The molecule has 2 unspecified atom stereocenters. The smallest absolute Gasteiger partial charge is 0.239 e. The number of likely N-dealkylation sites (tertiary alicyclic amines) is 1. The highest BCUT2D eigenvalue weighted by molar-refractivity contribution is 5.84. The van der Waals surface area contributed by atoms with Gasteiger partial charge in [-0.15, -0.1) is 0 Å². The lowest BCUT2D eigenvalue weighted by Gasteiger charge is -2.25. The largest absolute Gasteiger partial charge is 0.378 e. The van der Waals surface area contributed by atoms with Crippen LogP contribution < -0.4 is 5.32 Å². The Balaban J connectivity index is 1.41. The zero-order valence-electron chi connectivity index (χ0n) is 11.1. The van der Waals surface area contributed by atoms with Crippen LogP contribution in [-0.2, 0) is 9.53 Å². The van der Waals surface area contributed by atoms with Crippen LogP contribution in [0.3, 0.4) is 0 Å². The number of hydrogen-bond donors (Lipinski definition) is 1. The lowest BCUT2D eigenvalue weighted by Crippen LogP contribution is -2.40. The first kappa shape index (κ1) is 12.4. The Morgan fingerprint density at radius 2 is 2.11 bits per heavy atom.